The molecular weight excluding hydrogens is 476 g/mol. The van der Waals surface area contributed by atoms with Crippen LogP contribution in [-0.2, 0) is 9.59 Å². The second-order valence-electron chi connectivity index (χ2n) is 9.60. The van der Waals surface area contributed by atoms with Crippen molar-refractivity contribution in [3.8, 4) is 22.8 Å². The monoisotopic (exact) mass is 504 g/mol. The maximum atomic E-state index is 12.1. The Hall–Kier alpha value is -4.98. The minimum absolute atomic E-state index is 0.168. The van der Waals surface area contributed by atoms with Crippen molar-refractivity contribution in [1.82, 2.24) is 19.9 Å². The molecule has 8 nitrogen and oxygen atoms in total. The average Bonchev–Trinajstić information content (AvgIpc) is 3.46. The number of H-pyrrole nitrogens is 2. The van der Waals surface area contributed by atoms with E-state index in [1.165, 1.54) is 0 Å². The molecule has 4 N–H and O–H groups in total. The number of nitrogens with one attached hydrogen (secondary N) is 4. The fraction of sp³-hybridized carbons (Fsp3) is 0.133. The van der Waals surface area contributed by atoms with Crippen molar-refractivity contribution in [2.75, 3.05) is 10.6 Å². The van der Waals surface area contributed by atoms with E-state index in [0.29, 0.717) is 23.0 Å². The molecule has 38 heavy (non-hydrogen) atoms. The summed E-state index contributed by atoms with van der Waals surface area (Å²) in [6.45, 7) is 7.52. The fourth-order valence-electron chi connectivity index (χ4n) is 4.21. The van der Waals surface area contributed by atoms with Crippen LogP contribution in [0.3, 0.4) is 0 Å². The van der Waals surface area contributed by atoms with Gasteiger partial charge in [-0.05, 0) is 64.1 Å². The molecule has 0 atom stereocenters. The summed E-state index contributed by atoms with van der Waals surface area (Å²) in [5.41, 5.74) is 8.20. The molecule has 2 aromatic heterocycles. The van der Waals surface area contributed by atoms with Gasteiger partial charge in [0.1, 0.15) is 11.6 Å². The summed E-state index contributed by atoms with van der Waals surface area (Å²) in [5.74, 6) is 1.05. The van der Waals surface area contributed by atoms with Gasteiger partial charge in [-0.3, -0.25) is 9.59 Å². The number of hydrogen-bond donors (Lipinski definition) is 4. The molecule has 0 spiro atoms. The number of carbonyl (C=O) groups is 2. The topological polar surface area (TPSA) is 116 Å². The van der Waals surface area contributed by atoms with E-state index in [1.54, 1.807) is 12.2 Å². The van der Waals surface area contributed by atoms with Crippen LogP contribution in [0, 0.1) is 0 Å². The number of aromatic nitrogens is 4. The molecule has 0 aliphatic carbocycles. The summed E-state index contributed by atoms with van der Waals surface area (Å²) in [7, 11) is 0. The predicted molar refractivity (Wildman–Crippen MR) is 153 cm³/mol. The third kappa shape index (κ3) is 5.39. The van der Waals surface area contributed by atoms with E-state index in [0.717, 1.165) is 44.3 Å². The third-order valence-corrected chi connectivity index (χ3v) is 5.78. The van der Waals surface area contributed by atoms with Gasteiger partial charge in [-0.25, -0.2) is 9.97 Å². The molecule has 0 aliphatic rings. The zero-order valence-corrected chi connectivity index (χ0v) is 21.6. The van der Waals surface area contributed by atoms with Crippen LogP contribution in [0.2, 0.25) is 0 Å². The molecule has 0 bridgehead atoms. The number of carbonyl (C=O) groups excluding carboxylic acids is 2. The van der Waals surface area contributed by atoms with Gasteiger partial charge >= 0.3 is 0 Å². The molecule has 5 aromatic rings. The number of nitrogens with zero attached hydrogens (tertiary/aromatic N) is 2. The van der Waals surface area contributed by atoms with Gasteiger partial charge < -0.3 is 20.6 Å². The quantitative estimate of drug-likeness (QED) is 0.195. The van der Waals surface area contributed by atoms with Crippen molar-refractivity contribution in [1.29, 1.82) is 0 Å². The van der Waals surface area contributed by atoms with E-state index >= 15 is 0 Å². The Morgan fingerprint density at radius 2 is 1.08 bits per heavy atom. The Morgan fingerprint density at radius 3 is 1.47 bits per heavy atom. The molecule has 0 radical (unpaired) electrons. The summed E-state index contributed by atoms with van der Waals surface area (Å²) < 4.78 is 0. The zero-order valence-electron chi connectivity index (χ0n) is 21.6. The van der Waals surface area contributed by atoms with Gasteiger partial charge in [0.2, 0.25) is 11.8 Å². The van der Waals surface area contributed by atoms with Crippen LogP contribution in [0.25, 0.3) is 44.8 Å². The Morgan fingerprint density at radius 1 is 0.658 bits per heavy atom. The largest absolute Gasteiger partial charge is 0.338 e. The fourth-order valence-corrected chi connectivity index (χ4v) is 4.21. The third-order valence-electron chi connectivity index (χ3n) is 5.78. The molecule has 2 amide bonds. The Bertz CT molecular complexity index is 1620. The van der Waals surface area contributed by atoms with E-state index in [1.807, 2.05) is 88.4 Å². The second kappa shape index (κ2) is 10.2. The van der Waals surface area contributed by atoms with Gasteiger partial charge in [-0.2, -0.15) is 0 Å². The molecule has 0 aliphatic heterocycles. The number of allylic oxidation sites excluding steroid dienone is 2. The molecule has 0 saturated heterocycles. The highest BCUT2D eigenvalue weighted by Gasteiger charge is 2.15. The minimum Gasteiger partial charge on any atom is -0.338 e. The maximum Gasteiger partial charge on any atom is 0.248 e. The molecule has 8 heteroatoms. The summed E-state index contributed by atoms with van der Waals surface area (Å²) in [6.07, 6.45) is 3.12. The van der Waals surface area contributed by atoms with Crippen molar-refractivity contribution in [3.63, 3.8) is 0 Å². The van der Waals surface area contributed by atoms with Gasteiger partial charge in [0, 0.05) is 34.7 Å². The van der Waals surface area contributed by atoms with E-state index < -0.39 is 0 Å². The molecule has 0 unspecified atom stereocenters. The smallest absolute Gasteiger partial charge is 0.248 e. The van der Waals surface area contributed by atoms with E-state index in [-0.39, 0.29) is 11.8 Å². The maximum absolute atomic E-state index is 12.1. The molecule has 190 valence electrons. The highest BCUT2D eigenvalue weighted by atomic mass is 16.2. The van der Waals surface area contributed by atoms with Crippen LogP contribution >= 0.6 is 0 Å². The van der Waals surface area contributed by atoms with Gasteiger partial charge in [0.05, 0.1) is 22.1 Å². The Kier molecular flexibility index (Phi) is 6.62. The molecule has 0 fully saturated rings. The number of benzene rings is 3. The molecule has 0 saturated carbocycles. The van der Waals surface area contributed by atoms with Crippen LogP contribution in [0.4, 0.5) is 11.4 Å². The lowest BCUT2D eigenvalue weighted by molar-refractivity contribution is -0.112. The highest BCUT2D eigenvalue weighted by molar-refractivity contribution is 6.01. The lowest BCUT2D eigenvalue weighted by Gasteiger charge is -2.04. The van der Waals surface area contributed by atoms with Crippen molar-refractivity contribution in [2.24, 2.45) is 0 Å². The van der Waals surface area contributed by atoms with Crippen LogP contribution in [-0.4, -0.2) is 31.8 Å². The summed E-state index contributed by atoms with van der Waals surface area (Å²) in [5, 5.41) is 5.77. The number of aromatic amines is 2. The summed E-state index contributed by atoms with van der Waals surface area (Å²) in [4.78, 5) is 40.6. The SMILES string of the molecule is CC(C)=CC(=O)Nc1ccc2nc(-c3ccccc3-c3nc4ccc(NC(=O)C=C(C)C)cc4[nH]3)[nH]c2c1. The number of hydrogen-bond acceptors (Lipinski definition) is 4. The first-order valence-electron chi connectivity index (χ1n) is 12.3. The van der Waals surface area contributed by atoms with Gasteiger partial charge in [-0.1, -0.05) is 35.4 Å². The van der Waals surface area contributed by atoms with Crippen molar-refractivity contribution in [3.05, 3.63) is 84.0 Å². The molecule has 5 rings (SSSR count). The summed E-state index contributed by atoms with van der Waals surface area (Å²) >= 11 is 0. The Labute approximate surface area is 219 Å². The van der Waals surface area contributed by atoms with Crippen LogP contribution in [0.1, 0.15) is 27.7 Å². The average molecular weight is 505 g/mol. The molecular formula is C30H28N6O2. The number of rotatable bonds is 6. The lowest BCUT2D eigenvalue weighted by atomic mass is 10.1. The lowest BCUT2D eigenvalue weighted by Crippen LogP contribution is -2.08. The highest BCUT2D eigenvalue weighted by Crippen LogP contribution is 2.32. The van der Waals surface area contributed by atoms with E-state index in [2.05, 4.69) is 20.6 Å². The first kappa shape index (κ1) is 24.7. The first-order chi connectivity index (χ1) is 18.2. The first-order valence-corrected chi connectivity index (χ1v) is 12.3. The predicted octanol–water partition coefficient (Wildman–Crippen LogP) is 6.58. The van der Waals surface area contributed by atoms with E-state index in [4.69, 9.17) is 9.97 Å². The van der Waals surface area contributed by atoms with Crippen molar-refractivity contribution >= 4 is 45.3 Å². The van der Waals surface area contributed by atoms with Crippen molar-refractivity contribution < 1.29 is 9.59 Å². The number of fused-ring (bicyclic) bond motifs is 2. The standard InChI is InChI=1S/C30H28N6O2/c1-17(2)13-27(37)31-19-9-11-23-25(15-19)35-29(33-23)21-7-5-6-8-22(21)30-34-24-12-10-20(16-26(24)36-30)32-28(38)14-18(3)4/h5-16H,1-4H3,(H,31,37)(H,32,38)(H,33,35)(H,34,36). The zero-order chi connectivity index (χ0) is 26.8. The second-order valence-corrected chi connectivity index (χ2v) is 9.60. The van der Waals surface area contributed by atoms with Crippen molar-refractivity contribution in [2.45, 2.75) is 27.7 Å². The minimum atomic E-state index is -0.168. The van der Waals surface area contributed by atoms with Gasteiger partial charge in [0.25, 0.3) is 0 Å². The Balaban J connectivity index is 1.47. The van der Waals surface area contributed by atoms with Gasteiger partial charge in [0.15, 0.2) is 0 Å². The van der Waals surface area contributed by atoms with E-state index in [9.17, 15) is 9.59 Å². The number of anilines is 2. The van der Waals surface area contributed by atoms with Gasteiger partial charge in [-0.15, -0.1) is 0 Å². The molecule has 2 heterocycles. The molecule has 3 aromatic carbocycles. The van der Waals surface area contributed by atoms with Crippen LogP contribution in [0.15, 0.2) is 84.0 Å². The van der Waals surface area contributed by atoms with Crippen LogP contribution < -0.4 is 10.6 Å². The normalized spacial score (nSPS) is 10.8. The summed E-state index contributed by atoms with van der Waals surface area (Å²) in [6, 6.07) is 19.1. The number of imidazole rings is 2. The number of amides is 2. The van der Waals surface area contributed by atoms with Crippen LogP contribution in [0.5, 0.6) is 0 Å².